The van der Waals surface area contributed by atoms with Crippen LogP contribution in [0.4, 0.5) is 28.9 Å². The van der Waals surface area contributed by atoms with Crippen LogP contribution in [-0.2, 0) is 22.3 Å². The fraction of sp³-hybridized carbons (Fsp3) is 0.357. The van der Waals surface area contributed by atoms with Gasteiger partial charge in [-0.2, -0.15) is 13.2 Å². The zero-order valence-corrected chi connectivity index (χ0v) is 22.2. The van der Waals surface area contributed by atoms with Crippen LogP contribution in [0.5, 0.6) is 0 Å². The number of halogens is 4. The molecule has 1 aromatic heterocycles. The van der Waals surface area contributed by atoms with Crippen LogP contribution in [-0.4, -0.2) is 46.5 Å². The molecule has 1 aromatic carbocycles. The zero-order chi connectivity index (χ0) is 29.6. The number of alkyl halides is 3. The molecule has 2 aromatic rings. The molecular weight excluding hydrogens is 542 g/mol. The Morgan fingerprint density at radius 2 is 1.88 bits per heavy atom. The van der Waals surface area contributed by atoms with E-state index in [1.165, 1.54) is 24.5 Å². The SMILES string of the molecule is C=C(/N=C\C(=C/N)C(=O)NC1(C(=O)NCc2ccc(Nc3ccc(F)cc3C(F)(F)F)cn2)CC1)N1CCCCC1. The second-order valence-corrected chi connectivity index (χ2v) is 9.91. The molecule has 41 heavy (non-hydrogen) atoms. The Morgan fingerprint density at radius 1 is 1.15 bits per heavy atom. The minimum absolute atomic E-state index is 0.0256. The van der Waals surface area contributed by atoms with E-state index in [-0.39, 0.29) is 23.5 Å². The van der Waals surface area contributed by atoms with Crippen LogP contribution < -0.4 is 21.7 Å². The average Bonchev–Trinajstić information content (AvgIpc) is 3.74. The van der Waals surface area contributed by atoms with Crippen molar-refractivity contribution in [1.82, 2.24) is 20.5 Å². The van der Waals surface area contributed by atoms with Crippen LogP contribution in [0.1, 0.15) is 43.4 Å². The number of likely N-dealkylation sites (tertiary alicyclic amines) is 1. The number of nitrogens with two attached hydrogens (primary N) is 1. The zero-order valence-electron chi connectivity index (χ0n) is 22.2. The fourth-order valence-electron chi connectivity index (χ4n) is 4.34. The maximum atomic E-state index is 13.3. The van der Waals surface area contributed by atoms with Crippen molar-refractivity contribution in [2.45, 2.75) is 50.4 Å². The molecule has 0 unspecified atom stereocenters. The maximum absolute atomic E-state index is 13.3. The lowest BCUT2D eigenvalue weighted by Crippen LogP contribution is -2.49. The Bertz CT molecular complexity index is 1350. The highest BCUT2D eigenvalue weighted by atomic mass is 19.4. The first-order chi connectivity index (χ1) is 19.5. The van der Waals surface area contributed by atoms with Gasteiger partial charge in [0.05, 0.1) is 40.9 Å². The molecule has 5 N–H and O–H groups in total. The summed E-state index contributed by atoms with van der Waals surface area (Å²) in [4.78, 5) is 36.2. The van der Waals surface area contributed by atoms with Crippen molar-refractivity contribution in [3.63, 3.8) is 0 Å². The number of hydrogen-bond acceptors (Lipinski definition) is 7. The van der Waals surface area contributed by atoms with Crippen molar-refractivity contribution in [2.75, 3.05) is 18.4 Å². The standard InChI is InChI=1S/C28H31F4N7O2/c1-18(39-11-3-2-4-12-39)34-15-19(14-33)25(40)38-27(9-10-27)26(41)36-16-21-6-7-22(17-35-21)37-24-8-5-20(29)13-23(24)28(30,31)32/h5-8,13-15,17,37H,1-4,9-12,16,33H2,(H,36,41)(H,38,40)/b19-14+,34-15-. The molecule has 2 amide bonds. The molecule has 1 saturated carbocycles. The molecule has 1 aliphatic heterocycles. The first kappa shape index (κ1) is 29.6. The average molecular weight is 574 g/mol. The Kier molecular flexibility index (Phi) is 8.94. The van der Waals surface area contributed by atoms with Gasteiger partial charge >= 0.3 is 6.18 Å². The third kappa shape index (κ3) is 7.62. The second kappa shape index (κ2) is 12.4. The number of benzene rings is 1. The Labute approximate surface area is 234 Å². The molecule has 2 fully saturated rings. The van der Waals surface area contributed by atoms with Crippen LogP contribution in [0.15, 0.2) is 65.7 Å². The number of aromatic nitrogens is 1. The highest BCUT2D eigenvalue weighted by Crippen LogP contribution is 2.37. The Morgan fingerprint density at radius 3 is 2.49 bits per heavy atom. The minimum Gasteiger partial charge on any atom is -0.404 e. The molecule has 1 saturated heterocycles. The summed E-state index contributed by atoms with van der Waals surface area (Å²) in [5.41, 5.74) is 3.88. The highest BCUT2D eigenvalue weighted by molar-refractivity contribution is 6.13. The number of pyridine rings is 1. The van der Waals surface area contributed by atoms with Gasteiger partial charge in [-0.15, -0.1) is 0 Å². The molecule has 13 heteroatoms. The van der Waals surface area contributed by atoms with Gasteiger partial charge in [-0.05, 0) is 62.4 Å². The number of aliphatic imine (C=N–C) groups is 1. The van der Waals surface area contributed by atoms with E-state index >= 15 is 0 Å². The number of carbonyl (C=O) groups is 2. The van der Waals surface area contributed by atoms with E-state index in [9.17, 15) is 27.2 Å². The highest BCUT2D eigenvalue weighted by Gasteiger charge is 2.51. The number of hydrogen-bond donors (Lipinski definition) is 4. The summed E-state index contributed by atoms with van der Waals surface area (Å²) in [5.74, 6) is -1.40. The van der Waals surface area contributed by atoms with E-state index in [1.54, 1.807) is 0 Å². The van der Waals surface area contributed by atoms with E-state index in [2.05, 4.69) is 32.5 Å². The van der Waals surface area contributed by atoms with Crippen molar-refractivity contribution in [3.8, 4) is 0 Å². The van der Waals surface area contributed by atoms with Gasteiger partial charge in [0.2, 0.25) is 5.91 Å². The predicted octanol–water partition coefficient (Wildman–Crippen LogP) is 4.12. The van der Waals surface area contributed by atoms with Gasteiger partial charge in [0.1, 0.15) is 17.2 Å². The molecule has 0 spiro atoms. The molecule has 4 rings (SSSR count). The quantitative estimate of drug-likeness (QED) is 0.193. The summed E-state index contributed by atoms with van der Waals surface area (Å²) in [6.07, 6.45) is 3.17. The molecule has 218 valence electrons. The number of nitrogens with one attached hydrogen (secondary N) is 3. The monoisotopic (exact) mass is 573 g/mol. The predicted molar refractivity (Wildman–Crippen MR) is 146 cm³/mol. The molecule has 0 atom stereocenters. The third-order valence-corrected chi connectivity index (χ3v) is 6.87. The Hall–Kier alpha value is -4.42. The first-order valence-corrected chi connectivity index (χ1v) is 13.1. The van der Waals surface area contributed by atoms with Gasteiger partial charge in [-0.25, -0.2) is 9.38 Å². The summed E-state index contributed by atoms with van der Waals surface area (Å²) in [7, 11) is 0. The molecular formula is C28H31F4N7O2. The molecule has 0 bridgehead atoms. The van der Waals surface area contributed by atoms with Crippen LogP contribution >= 0.6 is 0 Å². The smallest absolute Gasteiger partial charge is 0.404 e. The summed E-state index contributed by atoms with van der Waals surface area (Å²) < 4.78 is 53.1. The fourth-order valence-corrected chi connectivity index (χ4v) is 4.34. The van der Waals surface area contributed by atoms with Crippen LogP contribution in [0.3, 0.4) is 0 Å². The molecule has 0 radical (unpaired) electrons. The topological polar surface area (TPSA) is 125 Å². The van der Waals surface area contributed by atoms with E-state index in [0.717, 1.165) is 50.7 Å². The van der Waals surface area contributed by atoms with Crippen molar-refractivity contribution in [2.24, 2.45) is 10.7 Å². The third-order valence-electron chi connectivity index (χ3n) is 6.87. The number of amides is 2. The lowest BCUT2D eigenvalue weighted by atomic mass is 10.1. The van der Waals surface area contributed by atoms with Gasteiger partial charge in [0.25, 0.3) is 5.91 Å². The first-order valence-electron chi connectivity index (χ1n) is 13.1. The van der Waals surface area contributed by atoms with E-state index in [4.69, 9.17) is 5.73 Å². The molecule has 2 heterocycles. The molecule has 1 aliphatic carbocycles. The largest absolute Gasteiger partial charge is 0.418 e. The molecule has 9 nitrogen and oxygen atoms in total. The van der Waals surface area contributed by atoms with Gasteiger partial charge in [0, 0.05) is 25.5 Å². The Balaban J connectivity index is 1.30. The van der Waals surface area contributed by atoms with Crippen molar-refractivity contribution >= 4 is 29.4 Å². The van der Waals surface area contributed by atoms with Gasteiger partial charge < -0.3 is 26.6 Å². The second-order valence-electron chi connectivity index (χ2n) is 9.91. The summed E-state index contributed by atoms with van der Waals surface area (Å²) >= 11 is 0. The summed E-state index contributed by atoms with van der Waals surface area (Å²) in [5, 5.41) is 8.05. The number of piperidine rings is 1. The van der Waals surface area contributed by atoms with Crippen molar-refractivity contribution in [3.05, 3.63) is 77.8 Å². The van der Waals surface area contributed by atoms with Gasteiger partial charge in [-0.1, -0.05) is 6.58 Å². The lowest BCUT2D eigenvalue weighted by Gasteiger charge is -2.28. The van der Waals surface area contributed by atoms with Crippen LogP contribution in [0.2, 0.25) is 0 Å². The number of rotatable bonds is 10. The van der Waals surface area contributed by atoms with Crippen LogP contribution in [0, 0.1) is 5.82 Å². The van der Waals surface area contributed by atoms with Crippen molar-refractivity contribution < 1.29 is 27.2 Å². The minimum atomic E-state index is -4.74. The number of anilines is 2. The van der Waals surface area contributed by atoms with Gasteiger partial charge in [-0.3, -0.25) is 14.6 Å². The van der Waals surface area contributed by atoms with E-state index in [1.807, 2.05) is 4.90 Å². The number of carbonyl (C=O) groups excluding carboxylic acids is 2. The summed E-state index contributed by atoms with van der Waals surface area (Å²) in [6.45, 7) is 5.69. The van der Waals surface area contributed by atoms with E-state index < -0.39 is 34.9 Å². The summed E-state index contributed by atoms with van der Waals surface area (Å²) in [6, 6.07) is 5.35. The van der Waals surface area contributed by atoms with E-state index in [0.29, 0.717) is 30.4 Å². The maximum Gasteiger partial charge on any atom is 0.418 e. The van der Waals surface area contributed by atoms with Gasteiger partial charge in [0.15, 0.2) is 0 Å². The molecule has 2 aliphatic rings. The number of nitrogens with zero attached hydrogens (tertiary/aromatic N) is 3. The normalized spacial score (nSPS) is 16.8. The van der Waals surface area contributed by atoms with Crippen molar-refractivity contribution in [1.29, 1.82) is 0 Å². The lowest BCUT2D eigenvalue weighted by molar-refractivity contribution is -0.137. The van der Waals surface area contributed by atoms with Crippen LogP contribution in [0.25, 0.3) is 0 Å².